The lowest BCUT2D eigenvalue weighted by Gasteiger charge is -2.10. The van der Waals surface area contributed by atoms with Gasteiger partial charge in [-0.1, -0.05) is 40.9 Å². The van der Waals surface area contributed by atoms with E-state index >= 15 is 0 Å². The molecule has 0 saturated heterocycles. The minimum atomic E-state index is -0.141. The second kappa shape index (κ2) is 6.53. The van der Waals surface area contributed by atoms with Gasteiger partial charge < -0.3 is 5.73 Å². The Morgan fingerprint density at radius 1 is 1.33 bits per heavy atom. The van der Waals surface area contributed by atoms with Gasteiger partial charge in [0.1, 0.15) is 0 Å². The smallest absolute Gasteiger partial charge is 0.257 e. The number of nitrogens with two attached hydrogens (primary N) is 1. The molecule has 0 aliphatic heterocycles. The SMILES string of the molecule is Cc1cc(C)c(C(=O)Nc2ncc(C#CCN)s2)c(C)c1. The number of hydrogen-bond acceptors (Lipinski definition) is 4. The summed E-state index contributed by atoms with van der Waals surface area (Å²) < 4.78 is 0. The highest BCUT2D eigenvalue weighted by Gasteiger charge is 2.14. The molecule has 3 N–H and O–H groups in total. The van der Waals surface area contributed by atoms with Crippen LogP contribution in [0.1, 0.15) is 31.9 Å². The third-order valence-electron chi connectivity index (χ3n) is 2.94. The van der Waals surface area contributed by atoms with Gasteiger partial charge in [-0.2, -0.15) is 0 Å². The summed E-state index contributed by atoms with van der Waals surface area (Å²) in [5.41, 5.74) is 9.10. The van der Waals surface area contributed by atoms with E-state index in [1.165, 1.54) is 11.3 Å². The van der Waals surface area contributed by atoms with E-state index in [2.05, 4.69) is 22.1 Å². The zero-order valence-electron chi connectivity index (χ0n) is 12.3. The van der Waals surface area contributed by atoms with E-state index in [1.807, 2.05) is 32.9 Å². The van der Waals surface area contributed by atoms with Crippen LogP contribution in [-0.4, -0.2) is 17.4 Å². The van der Waals surface area contributed by atoms with Gasteiger partial charge in [-0.3, -0.25) is 10.1 Å². The lowest BCUT2D eigenvalue weighted by Crippen LogP contribution is -2.15. The number of thiazole rings is 1. The van der Waals surface area contributed by atoms with Gasteiger partial charge in [-0.15, -0.1) is 0 Å². The van der Waals surface area contributed by atoms with E-state index in [9.17, 15) is 4.79 Å². The fraction of sp³-hybridized carbons (Fsp3) is 0.250. The van der Waals surface area contributed by atoms with E-state index in [0.29, 0.717) is 17.2 Å². The van der Waals surface area contributed by atoms with Crippen molar-refractivity contribution in [2.24, 2.45) is 5.73 Å². The second-order valence-electron chi connectivity index (χ2n) is 4.76. The zero-order chi connectivity index (χ0) is 15.4. The molecule has 1 aromatic heterocycles. The van der Waals surface area contributed by atoms with E-state index in [0.717, 1.165) is 21.6 Å². The number of aromatic nitrogens is 1. The molecule has 0 saturated carbocycles. The molecule has 0 radical (unpaired) electrons. The summed E-state index contributed by atoms with van der Waals surface area (Å²) in [6.45, 7) is 6.20. The summed E-state index contributed by atoms with van der Waals surface area (Å²) in [7, 11) is 0. The van der Waals surface area contributed by atoms with Crippen LogP contribution in [0.3, 0.4) is 0 Å². The van der Waals surface area contributed by atoms with Gasteiger partial charge in [0.2, 0.25) is 0 Å². The first-order valence-corrected chi connectivity index (χ1v) is 7.37. The Kier molecular flexibility index (Phi) is 4.73. The molecule has 1 amide bonds. The van der Waals surface area contributed by atoms with Gasteiger partial charge in [0.25, 0.3) is 5.91 Å². The number of carbonyl (C=O) groups excluding carboxylic acids is 1. The van der Waals surface area contributed by atoms with Crippen molar-refractivity contribution in [3.8, 4) is 11.8 Å². The van der Waals surface area contributed by atoms with Crippen molar-refractivity contribution in [3.05, 3.63) is 45.5 Å². The molecule has 1 aromatic carbocycles. The van der Waals surface area contributed by atoms with E-state index in [4.69, 9.17) is 5.73 Å². The summed E-state index contributed by atoms with van der Waals surface area (Å²) in [6.07, 6.45) is 1.64. The Morgan fingerprint density at radius 2 is 2.00 bits per heavy atom. The van der Waals surface area contributed by atoms with Crippen LogP contribution in [0.5, 0.6) is 0 Å². The Morgan fingerprint density at radius 3 is 2.62 bits per heavy atom. The minimum Gasteiger partial charge on any atom is -0.320 e. The monoisotopic (exact) mass is 299 g/mol. The first-order chi connectivity index (χ1) is 10.0. The lowest BCUT2D eigenvalue weighted by atomic mass is 9.99. The quantitative estimate of drug-likeness (QED) is 0.838. The molecule has 0 aliphatic rings. The molecule has 2 rings (SSSR count). The minimum absolute atomic E-state index is 0.141. The molecule has 21 heavy (non-hydrogen) atoms. The van der Waals surface area contributed by atoms with Crippen molar-refractivity contribution in [1.29, 1.82) is 0 Å². The van der Waals surface area contributed by atoms with Crippen molar-refractivity contribution < 1.29 is 4.79 Å². The summed E-state index contributed by atoms with van der Waals surface area (Å²) >= 11 is 1.34. The van der Waals surface area contributed by atoms with Gasteiger partial charge in [0.05, 0.1) is 17.6 Å². The largest absolute Gasteiger partial charge is 0.320 e. The fourth-order valence-corrected chi connectivity index (χ4v) is 2.91. The summed E-state index contributed by atoms with van der Waals surface area (Å²) in [5, 5.41) is 3.37. The molecular weight excluding hydrogens is 282 g/mol. The predicted octanol–water partition coefficient (Wildman–Crippen LogP) is 2.63. The topological polar surface area (TPSA) is 68.0 Å². The molecule has 108 valence electrons. The third-order valence-corrected chi connectivity index (χ3v) is 3.77. The van der Waals surface area contributed by atoms with Gasteiger partial charge in [-0.25, -0.2) is 4.98 Å². The average molecular weight is 299 g/mol. The van der Waals surface area contributed by atoms with Crippen LogP contribution < -0.4 is 11.1 Å². The fourth-order valence-electron chi connectivity index (χ4n) is 2.23. The first kappa shape index (κ1) is 15.2. The van der Waals surface area contributed by atoms with E-state index in [1.54, 1.807) is 6.20 Å². The Bertz CT molecular complexity index is 714. The molecule has 0 unspecified atom stereocenters. The highest BCUT2D eigenvalue weighted by molar-refractivity contribution is 7.16. The normalized spacial score (nSPS) is 9.90. The molecule has 2 aromatic rings. The van der Waals surface area contributed by atoms with Crippen molar-refractivity contribution in [3.63, 3.8) is 0 Å². The number of nitrogens with one attached hydrogen (secondary N) is 1. The summed E-state index contributed by atoms with van der Waals surface area (Å²) in [5.74, 6) is 5.52. The van der Waals surface area contributed by atoms with Crippen LogP contribution in [0.15, 0.2) is 18.3 Å². The highest BCUT2D eigenvalue weighted by atomic mass is 32.1. The molecule has 0 fully saturated rings. The number of amides is 1. The van der Waals surface area contributed by atoms with E-state index in [-0.39, 0.29) is 5.91 Å². The van der Waals surface area contributed by atoms with Crippen LogP contribution in [0.25, 0.3) is 0 Å². The number of nitrogens with zero attached hydrogens (tertiary/aromatic N) is 1. The molecular formula is C16H17N3OS. The van der Waals surface area contributed by atoms with Crippen LogP contribution >= 0.6 is 11.3 Å². The number of anilines is 1. The third kappa shape index (κ3) is 3.69. The second-order valence-corrected chi connectivity index (χ2v) is 5.79. The molecule has 0 spiro atoms. The van der Waals surface area contributed by atoms with Crippen molar-refractivity contribution in [2.45, 2.75) is 20.8 Å². The highest BCUT2D eigenvalue weighted by Crippen LogP contribution is 2.21. The molecule has 1 heterocycles. The van der Waals surface area contributed by atoms with Crippen LogP contribution in [0.2, 0.25) is 0 Å². The Labute approximate surface area is 128 Å². The zero-order valence-corrected chi connectivity index (χ0v) is 13.1. The maximum absolute atomic E-state index is 12.4. The number of hydrogen-bond donors (Lipinski definition) is 2. The van der Waals surface area contributed by atoms with Gasteiger partial charge in [-0.05, 0) is 31.9 Å². The van der Waals surface area contributed by atoms with Gasteiger partial charge in [0, 0.05) is 5.56 Å². The standard InChI is InChI=1S/C16H17N3OS/c1-10-7-11(2)14(12(3)8-10)15(20)19-16-18-9-13(21-16)5-4-6-17/h7-9H,6,17H2,1-3H3,(H,18,19,20). The maximum atomic E-state index is 12.4. The Hall–Kier alpha value is -2.16. The van der Waals surface area contributed by atoms with E-state index < -0.39 is 0 Å². The van der Waals surface area contributed by atoms with Gasteiger partial charge >= 0.3 is 0 Å². The molecule has 5 heteroatoms. The Balaban J connectivity index is 2.20. The lowest BCUT2D eigenvalue weighted by molar-refractivity contribution is 0.102. The number of rotatable bonds is 2. The first-order valence-electron chi connectivity index (χ1n) is 6.55. The molecule has 0 bridgehead atoms. The van der Waals surface area contributed by atoms with Crippen molar-refractivity contribution in [1.82, 2.24) is 4.98 Å². The molecule has 0 atom stereocenters. The number of carbonyl (C=O) groups is 1. The average Bonchev–Trinajstić information content (AvgIpc) is 2.82. The molecule has 0 aliphatic carbocycles. The van der Waals surface area contributed by atoms with Crippen molar-refractivity contribution >= 4 is 22.4 Å². The summed E-state index contributed by atoms with van der Waals surface area (Å²) in [4.78, 5) is 17.3. The van der Waals surface area contributed by atoms with Crippen LogP contribution in [0, 0.1) is 32.6 Å². The summed E-state index contributed by atoms with van der Waals surface area (Å²) in [6, 6.07) is 4.00. The van der Waals surface area contributed by atoms with Crippen LogP contribution in [-0.2, 0) is 0 Å². The molecule has 4 nitrogen and oxygen atoms in total. The maximum Gasteiger partial charge on any atom is 0.257 e. The number of benzene rings is 1. The van der Waals surface area contributed by atoms with Crippen molar-refractivity contribution in [2.75, 3.05) is 11.9 Å². The van der Waals surface area contributed by atoms with Gasteiger partial charge in [0.15, 0.2) is 5.13 Å². The number of aryl methyl sites for hydroxylation is 3. The predicted molar refractivity (Wildman–Crippen MR) is 86.7 cm³/mol. The van der Waals surface area contributed by atoms with Crippen LogP contribution in [0.4, 0.5) is 5.13 Å².